The van der Waals surface area contributed by atoms with Crippen molar-refractivity contribution in [2.75, 3.05) is 7.11 Å². The SMILES string of the molecule is COc1ccc2c(COc3ccc(C=O)cc3[N+](=O)[O-])cc(=O)oc2c1. The van der Waals surface area contributed by atoms with Gasteiger partial charge in [-0.3, -0.25) is 14.9 Å². The molecule has 0 amide bonds. The maximum absolute atomic E-state index is 11.8. The van der Waals surface area contributed by atoms with Crippen LogP contribution in [0.15, 0.2) is 51.7 Å². The van der Waals surface area contributed by atoms with E-state index in [0.717, 1.165) is 6.07 Å². The molecule has 0 radical (unpaired) electrons. The van der Waals surface area contributed by atoms with Gasteiger partial charge in [0.1, 0.15) is 24.2 Å². The van der Waals surface area contributed by atoms with Gasteiger partial charge in [0.15, 0.2) is 5.75 Å². The van der Waals surface area contributed by atoms with Gasteiger partial charge in [-0.25, -0.2) is 4.79 Å². The number of carbonyl (C=O) groups excluding carboxylic acids is 1. The third-order valence-electron chi connectivity index (χ3n) is 3.74. The summed E-state index contributed by atoms with van der Waals surface area (Å²) in [7, 11) is 1.49. The number of hydrogen-bond donors (Lipinski definition) is 0. The molecule has 0 aliphatic rings. The lowest BCUT2D eigenvalue weighted by Gasteiger charge is -2.09. The number of hydrogen-bond acceptors (Lipinski definition) is 7. The molecule has 1 heterocycles. The Bertz CT molecular complexity index is 1060. The predicted molar refractivity (Wildman–Crippen MR) is 91.9 cm³/mol. The fourth-order valence-corrected chi connectivity index (χ4v) is 2.48. The highest BCUT2D eigenvalue weighted by Gasteiger charge is 2.17. The Morgan fingerprint density at radius 1 is 1.19 bits per heavy atom. The van der Waals surface area contributed by atoms with Crippen LogP contribution in [0.4, 0.5) is 5.69 Å². The number of nitro benzene ring substituents is 1. The third-order valence-corrected chi connectivity index (χ3v) is 3.74. The summed E-state index contributed by atoms with van der Waals surface area (Å²) in [6.45, 7) is -0.0876. The molecule has 2 aromatic carbocycles. The molecule has 0 N–H and O–H groups in total. The Balaban J connectivity index is 1.96. The minimum atomic E-state index is -0.634. The first-order valence-electron chi connectivity index (χ1n) is 7.49. The molecule has 0 unspecified atom stereocenters. The Hall–Kier alpha value is -3.68. The number of aldehydes is 1. The highest BCUT2D eigenvalue weighted by atomic mass is 16.6. The average molecular weight is 355 g/mol. The molecule has 3 rings (SSSR count). The molecule has 0 aliphatic heterocycles. The largest absolute Gasteiger partial charge is 0.497 e. The number of nitro groups is 1. The zero-order valence-corrected chi connectivity index (χ0v) is 13.6. The smallest absolute Gasteiger partial charge is 0.336 e. The predicted octanol–water partition coefficient (Wildman–Crippen LogP) is 3.10. The molecule has 0 aliphatic carbocycles. The van der Waals surface area contributed by atoms with E-state index in [4.69, 9.17) is 13.9 Å². The molecule has 26 heavy (non-hydrogen) atoms. The Morgan fingerprint density at radius 3 is 2.69 bits per heavy atom. The molecule has 0 saturated heterocycles. The van der Waals surface area contributed by atoms with Gasteiger partial charge in [-0.2, -0.15) is 0 Å². The van der Waals surface area contributed by atoms with E-state index in [-0.39, 0.29) is 23.6 Å². The summed E-state index contributed by atoms with van der Waals surface area (Å²) < 4.78 is 15.8. The zero-order valence-electron chi connectivity index (χ0n) is 13.6. The monoisotopic (exact) mass is 355 g/mol. The molecule has 0 bridgehead atoms. The summed E-state index contributed by atoms with van der Waals surface area (Å²) in [5.41, 5.74) is 0.0922. The van der Waals surface area contributed by atoms with Crippen molar-refractivity contribution < 1.29 is 23.6 Å². The molecule has 1 aromatic heterocycles. The van der Waals surface area contributed by atoms with Crippen LogP contribution in [0.3, 0.4) is 0 Å². The first-order chi connectivity index (χ1) is 12.5. The number of methoxy groups -OCH3 is 1. The standard InChI is InChI=1S/C18H13NO7/c1-24-13-3-4-14-12(7-18(21)26-17(14)8-13)10-25-16-5-2-11(9-20)6-15(16)19(22)23/h2-9H,10H2,1H3. The fraction of sp³-hybridized carbons (Fsp3) is 0.111. The maximum atomic E-state index is 11.8. The van der Waals surface area contributed by atoms with Crippen molar-refractivity contribution in [2.45, 2.75) is 6.61 Å². The van der Waals surface area contributed by atoms with Crippen LogP contribution < -0.4 is 15.1 Å². The van der Waals surface area contributed by atoms with Crippen molar-refractivity contribution in [3.8, 4) is 11.5 Å². The second-order valence-electron chi connectivity index (χ2n) is 5.34. The van der Waals surface area contributed by atoms with Crippen molar-refractivity contribution in [2.24, 2.45) is 0 Å². The van der Waals surface area contributed by atoms with Crippen LogP contribution >= 0.6 is 0 Å². The van der Waals surface area contributed by atoms with Crippen molar-refractivity contribution in [1.82, 2.24) is 0 Å². The van der Waals surface area contributed by atoms with E-state index in [1.165, 1.54) is 25.3 Å². The number of benzene rings is 2. The highest BCUT2D eigenvalue weighted by Crippen LogP contribution is 2.29. The Morgan fingerprint density at radius 2 is 2.00 bits per heavy atom. The number of fused-ring (bicyclic) bond motifs is 1. The average Bonchev–Trinajstić information content (AvgIpc) is 2.65. The Labute approximate surface area is 146 Å². The van der Waals surface area contributed by atoms with Crippen molar-refractivity contribution in [1.29, 1.82) is 0 Å². The van der Waals surface area contributed by atoms with E-state index in [1.54, 1.807) is 18.2 Å². The van der Waals surface area contributed by atoms with Crippen LogP contribution in [0.25, 0.3) is 11.0 Å². The maximum Gasteiger partial charge on any atom is 0.336 e. The zero-order chi connectivity index (χ0) is 18.7. The van der Waals surface area contributed by atoms with E-state index < -0.39 is 10.5 Å². The second kappa shape index (κ2) is 7.06. The number of ether oxygens (including phenoxy) is 2. The van der Waals surface area contributed by atoms with Crippen LogP contribution in [0.5, 0.6) is 11.5 Å². The molecule has 0 spiro atoms. The first kappa shape index (κ1) is 17.2. The Kier molecular flexibility index (Phi) is 4.66. The summed E-state index contributed by atoms with van der Waals surface area (Å²) in [4.78, 5) is 33.1. The van der Waals surface area contributed by atoms with Gasteiger partial charge in [-0.1, -0.05) is 0 Å². The van der Waals surface area contributed by atoms with Gasteiger partial charge >= 0.3 is 11.3 Å². The topological polar surface area (TPSA) is 109 Å². The van der Waals surface area contributed by atoms with E-state index in [2.05, 4.69) is 0 Å². The lowest BCUT2D eigenvalue weighted by atomic mass is 10.1. The minimum Gasteiger partial charge on any atom is -0.497 e. The summed E-state index contributed by atoms with van der Waals surface area (Å²) >= 11 is 0. The number of rotatable bonds is 6. The molecular weight excluding hydrogens is 342 g/mol. The van der Waals surface area contributed by atoms with Gasteiger partial charge in [0.2, 0.25) is 0 Å². The van der Waals surface area contributed by atoms with E-state index in [9.17, 15) is 19.7 Å². The normalized spacial score (nSPS) is 10.5. The summed E-state index contributed by atoms with van der Waals surface area (Å²) in [6, 6.07) is 10.1. The summed E-state index contributed by atoms with van der Waals surface area (Å²) in [5.74, 6) is 0.523. The first-order valence-corrected chi connectivity index (χ1v) is 7.49. The summed E-state index contributed by atoms with van der Waals surface area (Å²) in [6.07, 6.45) is 0.514. The highest BCUT2D eigenvalue weighted by molar-refractivity contribution is 5.81. The molecule has 0 saturated carbocycles. The van der Waals surface area contributed by atoms with Crippen LogP contribution in [0, 0.1) is 10.1 Å². The van der Waals surface area contributed by atoms with Gasteiger partial charge in [0, 0.05) is 34.7 Å². The van der Waals surface area contributed by atoms with Crippen LogP contribution in [-0.4, -0.2) is 18.3 Å². The van der Waals surface area contributed by atoms with Crippen molar-refractivity contribution in [3.05, 3.63) is 74.1 Å². The number of carbonyl (C=O) groups is 1. The molecular formula is C18H13NO7. The van der Waals surface area contributed by atoms with Gasteiger partial charge < -0.3 is 13.9 Å². The van der Waals surface area contributed by atoms with E-state index in [1.807, 2.05) is 0 Å². The summed E-state index contributed by atoms with van der Waals surface area (Å²) in [5, 5.41) is 11.8. The van der Waals surface area contributed by atoms with E-state index in [0.29, 0.717) is 28.6 Å². The van der Waals surface area contributed by atoms with Crippen LogP contribution in [0.1, 0.15) is 15.9 Å². The van der Waals surface area contributed by atoms with Crippen molar-refractivity contribution in [3.63, 3.8) is 0 Å². The van der Waals surface area contributed by atoms with Gasteiger partial charge in [-0.05, 0) is 24.3 Å². The molecule has 8 heteroatoms. The molecule has 0 atom stereocenters. The minimum absolute atomic E-state index is 0.00416. The quantitative estimate of drug-likeness (QED) is 0.289. The van der Waals surface area contributed by atoms with Gasteiger partial charge in [0.25, 0.3) is 0 Å². The number of nitrogens with zero attached hydrogens (tertiary/aromatic N) is 1. The van der Waals surface area contributed by atoms with Crippen molar-refractivity contribution >= 4 is 22.9 Å². The molecule has 0 fully saturated rings. The molecule has 3 aromatic rings. The molecule has 132 valence electrons. The van der Waals surface area contributed by atoms with Crippen LogP contribution in [-0.2, 0) is 6.61 Å². The van der Waals surface area contributed by atoms with Gasteiger partial charge in [0.05, 0.1) is 12.0 Å². The van der Waals surface area contributed by atoms with E-state index >= 15 is 0 Å². The van der Waals surface area contributed by atoms with Gasteiger partial charge in [-0.15, -0.1) is 0 Å². The molecule has 8 nitrogen and oxygen atoms in total. The second-order valence-corrected chi connectivity index (χ2v) is 5.34. The lowest BCUT2D eigenvalue weighted by Crippen LogP contribution is -2.05. The third kappa shape index (κ3) is 3.39. The fourth-order valence-electron chi connectivity index (χ4n) is 2.48. The lowest BCUT2D eigenvalue weighted by molar-refractivity contribution is -0.386. The van der Waals surface area contributed by atoms with Crippen LogP contribution in [0.2, 0.25) is 0 Å².